The second-order valence-corrected chi connectivity index (χ2v) is 4.99. The van der Waals surface area contributed by atoms with Crippen molar-refractivity contribution < 1.29 is 5.11 Å². The van der Waals surface area contributed by atoms with E-state index in [1.165, 1.54) is 5.56 Å². The molecule has 0 aliphatic carbocycles. The fourth-order valence-electron chi connectivity index (χ4n) is 2.40. The molecule has 1 heterocycles. The third kappa shape index (κ3) is 3.17. The van der Waals surface area contributed by atoms with Crippen molar-refractivity contribution in [1.29, 1.82) is 0 Å². The molecular weight excluding hydrogens is 262 g/mol. The fraction of sp³-hybridized carbons (Fsp3) is 0.176. The highest BCUT2D eigenvalue weighted by Gasteiger charge is 2.10. The van der Waals surface area contributed by atoms with Gasteiger partial charge in [-0.3, -0.25) is 0 Å². The minimum absolute atomic E-state index is 0.0555. The third-order valence-corrected chi connectivity index (χ3v) is 3.45. The van der Waals surface area contributed by atoms with E-state index in [2.05, 4.69) is 27.6 Å². The first kappa shape index (κ1) is 13.5. The Morgan fingerprint density at radius 1 is 1.00 bits per heavy atom. The van der Waals surface area contributed by atoms with E-state index in [9.17, 15) is 5.11 Å². The summed E-state index contributed by atoms with van der Waals surface area (Å²) in [6.45, 7) is 0.0611. The van der Waals surface area contributed by atoms with Gasteiger partial charge in [0, 0.05) is 5.39 Å². The van der Waals surface area contributed by atoms with Crippen LogP contribution in [-0.2, 0) is 6.42 Å². The summed E-state index contributed by atoms with van der Waals surface area (Å²) >= 11 is 0. The fourth-order valence-corrected chi connectivity index (χ4v) is 2.40. The third-order valence-electron chi connectivity index (χ3n) is 3.45. The van der Waals surface area contributed by atoms with Crippen LogP contribution in [0.3, 0.4) is 0 Å². The van der Waals surface area contributed by atoms with Crippen molar-refractivity contribution in [3.8, 4) is 0 Å². The van der Waals surface area contributed by atoms with E-state index in [4.69, 9.17) is 0 Å². The standard InChI is InChI=1S/C17H17N3O/c21-12-14(10-13-6-2-1-3-7-13)19-17-11-18-20-16-9-5-4-8-15(16)17/h1-9,11,14,21H,10,12H2,(H,19,20). The number of hydrogen-bond acceptors (Lipinski definition) is 4. The van der Waals surface area contributed by atoms with E-state index in [1.807, 2.05) is 42.5 Å². The predicted molar refractivity (Wildman–Crippen MR) is 84.2 cm³/mol. The van der Waals surface area contributed by atoms with E-state index >= 15 is 0 Å². The number of nitrogens with one attached hydrogen (secondary N) is 1. The summed E-state index contributed by atoms with van der Waals surface area (Å²) in [4.78, 5) is 0. The molecule has 3 rings (SSSR count). The van der Waals surface area contributed by atoms with Crippen molar-refractivity contribution in [3.05, 3.63) is 66.4 Å². The second-order valence-electron chi connectivity index (χ2n) is 4.99. The molecule has 0 fully saturated rings. The minimum atomic E-state index is -0.0555. The summed E-state index contributed by atoms with van der Waals surface area (Å²) in [5.41, 5.74) is 2.94. The quantitative estimate of drug-likeness (QED) is 0.754. The number of anilines is 1. The number of hydrogen-bond donors (Lipinski definition) is 2. The lowest BCUT2D eigenvalue weighted by molar-refractivity contribution is 0.274. The van der Waals surface area contributed by atoms with Crippen LogP contribution in [0.25, 0.3) is 10.9 Å². The van der Waals surface area contributed by atoms with E-state index in [0.29, 0.717) is 0 Å². The first-order chi connectivity index (χ1) is 10.4. The largest absolute Gasteiger partial charge is 0.394 e. The molecule has 2 N–H and O–H groups in total. The molecule has 2 aromatic carbocycles. The van der Waals surface area contributed by atoms with Crippen molar-refractivity contribution >= 4 is 16.6 Å². The van der Waals surface area contributed by atoms with Crippen LogP contribution in [0.5, 0.6) is 0 Å². The molecular formula is C17H17N3O. The molecule has 0 spiro atoms. The zero-order valence-electron chi connectivity index (χ0n) is 11.6. The van der Waals surface area contributed by atoms with Crippen LogP contribution in [0.15, 0.2) is 60.8 Å². The molecule has 4 nitrogen and oxygen atoms in total. The Morgan fingerprint density at radius 2 is 1.76 bits per heavy atom. The van der Waals surface area contributed by atoms with Crippen molar-refractivity contribution in [2.75, 3.05) is 11.9 Å². The summed E-state index contributed by atoms with van der Waals surface area (Å²) in [6, 6.07) is 17.9. The van der Waals surface area contributed by atoms with E-state index in [-0.39, 0.29) is 12.6 Å². The summed E-state index contributed by atoms with van der Waals surface area (Å²) in [5, 5.41) is 22.1. The van der Waals surface area contributed by atoms with Gasteiger partial charge >= 0.3 is 0 Å². The minimum Gasteiger partial charge on any atom is -0.394 e. The Morgan fingerprint density at radius 3 is 2.57 bits per heavy atom. The lowest BCUT2D eigenvalue weighted by Gasteiger charge is -2.18. The highest BCUT2D eigenvalue weighted by molar-refractivity contribution is 5.90. The molecule has 0 bridgehead atoms. The molecule has 1 atom stereocenters. The summed E-state index contributed by atoms with van der Waals surface area (Å²) in [7, 11) is 0. The molecule has 0 saturated carbocycles. The summed E-state index contributed by atoms with van der Waals surface area (Å²) < 4.78 is 0. The zero-order valence-corrected chi connectivity index (χ0v) is 11.6. The van der Waals surface area contributed by atoms with Crippen molar-refractivity contribution in [1.82, 2.24) is 10.2 Å². The monoisotopic (exact) mass is 279 g/mol. The Balaban J connectivity index is 1.82. The maximum Gasteiger partial charge on any atom is 0.0950 e. The average molecular weight is 279 g/mol. The van der Waals surface area contributed by atoms with Gasteiger partial charge in [0.25, 0.3) is 0 Å². The first-order valence-electron chi connectivity index (χ1n) is 6.98. The van der Waals surface area contributed by atoms with E-state index < -0.39 is 0 Å². The SMILES string of the molecule is OCC(Cc1ccccc1)Nc1cnnc2ccccc12. The van der Waals surface area contributed by atoms with E-state index in [1.54, 1.807) is 6.20 Å². The van der Waals surface area contributed by atoms with Gasteiger partial charge < -0.3 is 10.4 Å². The van der Waals surface area contributed by atoms with Gasteiger partial charge in [0.15, 0.2) is 0 Å². The predicted octanol–water partition coefficient (Wildman–Crippen LogP) is 2.65. The first-order valence-corrected chi connectivity index (χ1v) is 6.98. The average Bonchev–Trinajstić information content (AvgIpc) is 2.55. The molecule has 1 aromatic heterocycles. The number of fused-ring (bicyclic) bond motifs is 1. The van der Waals surface area contributed by atoms with Crippen molar-refractivity contribution in [2.45, 2.75) is 12.5 Å². The smallest absolute Gasteiger partial charge is 0.0950 e. The Labute approximate surface area is 123 Å². The molecule has 21 heavy (non-hydrogen) atoms. The van der Waals surface area contributed by atoms with Crippen LogP contribution in [0.1, 0.15) is 5.56 Å². The molecule has 0 amide bonds. The van der Waals surface area contributed by atoms with Crippen LogP contribution in [0.2, 0.25) is 0 Å². The highest BCUT2D eigenvalue weighted by Crippen LogP contribution is 2.21. The number of aliphatic hydroxyl groups is 1. The molecule has 0 saturated heterocycles. The van der Waals surface area contributed by atoms with Gasteiger partial charge in [-0.15, -0.1) is 0 Å². The van der Waals surface area contributed by atoms with Gasteiger partial charge in [0.2, 0.25) is 0 Å². The number of aromatic nitrogens is 2. The maximum absolute atomic E-state index is 9.62. The molecule has 0 aliphatic heterocycles. The van der Waals surface area contributed by atoms with Crippen LogP contribution in [0, 0.1) is 0 Å². The Bertz CT molecular complexity index is 710. The molecule has 3 aromatic rings. The van der Waals surface area contributed by atoms with Gasteiger partial charge in [0.05, 0.1) is 30.0 Å². The number of aliphatic hydroxyl groups excluding tert-OH is 1. The van der Waals surface area contributed by atoms with Crippen LogP contribution >= 0.6 is 0 Å². The van der Waals surface area contributed by atoms with Gasteiger partial charge in [0.1, 0.15) is 0 Å². The van der Waals surface area contributed by atoms with Crippen molar-refractivity contribution in [3.63, 3.8) is 0 Å². The normalized spacial score (nSPS) is 12.2. The summed E-state index contributed by atoms with van der Waals surface area (Å²) in [5.74, 6) is 0. The molecule has 0 aliphatic rings. The topological polar surface area (TPSA) is 58.0 Å². The van der Waals surface area contributed by atoms with Gasteiger partial charge in [-0.25, -0.2) is 0 Å². The molecule has 0 radical (unpaired) electrons. The van der Waals surface area contributed by atoms with Crippen LogP contribution in [-0.4, -0.2) is 28.0 Å². The maximum atomic E-state index is 9.62. The van der Waals surface area contributed by atoms with E-state index in [0.717, 1.165) is 23.0 Å². The van der Waals surface area contributed by atoms with Crippen LogP contribution in [0.4, 0.5) is 5.69 Å². The number of rotatable bonds is 5. The second kappa shape index (κ2) is 6.33. The molecule has 106 valence electrons. The number of benzene rings is 2. The lowest BCUT2D eigenvalue weighted by atomic mass is 10.1. The van der Waals surface area contributed by atoms with Gasteiger partial charge in [-0.1, -0.05) is 48.5 Å². The zero-order chi connectivity index (χ0) is 14.5. The van der Waals surface area contributed by atoms with Crippen molar-refractivity contribution in [2.24, 2.45) is 0 Å². The van der Waals surface area contributed by atoms with Crippen LogP contribution < -0.4 is 5.32 Å². The number of nitrogens with zero attached hydrogens (tertiary/aromatic N) is 2. The Hall–Kier alpha value is -2.46. The van der Waals surface area contributed by atoms with Gasteiger partial charge in [-0.2, -0.15) is 10.2 Å². The Kier molecular flexibility index (Phi) is 4.07. The summed E-state index contributed by atoms with van der Waals surface area (Å²) in [6.07, 6.45) is 2.46. The lowest BCUT2D eigenvalue weighted by Crippen LogP contribution is -2.26. The van der Waals surface area contributed by atoms with Gasteiger partial charge in [-0.05, 0) is 18.1 Å². The molecule has 1 unspecified atom stereocenters. The molecule has 4 heteroatoms. The highest BCUT2D eigenvalue weighted by atomic mass is 16.3.